The average Bonchev–Trinajstić information content (AvgIpc) is 2.34. The van der Waals surface area contributed by atoms with E-state index in [2.05, 4.69) is 4.72 Å². The zero-order chi connectivity index (χ0) is 15.4. The van der Waals surface area contributed by atoms with Gasteiger partial charge in [-0.05, 0) is 23.9 Å². The maximum absolute atomic E-state index is 11.9. The zero-order valence-electron chi connectivity index (χ0n) is 9.98. The lowest BCUT2D eigenvalue weighted by Crippen LogP contribution is -2.27. The van der Waals surface area contributed by atoms with Crippen LogP contribution < -0.4 is 10.5 Å². The molecule has 0 radical (unpaired) electrons. The molecule has 0 amide bonds. The highest BCUT2D eigenvalue weighted by atomic mass is 32.2. The number of hydrogen-bond donors (Lipinski definition) is 2. The Labute approximate surface area is 124 Å². The molecule has 4 nitrogen and oxygen atoms in total. The molecule has 10 heteroatoms. The Balaban J connectivity index is 2.70. The smallest absolute Gasteiger partial charge is 0.389 e. The summed E-state index contributed by atoms with van der Waals surface area (Å²) in [7, 11) is -3.88. The van der Waals surface area contributed by atoms with Gasteiger partial charge in [-0.1, -0.05) is 24.4 Å². The lowest BCUT2D eigenvalue weighted by atomic mass is 10.2. The number of sulfonamides is 1. The number of alkyl halides is 3. The Morgan fingerprint density at radius 3 is 2.60 bits per heavy atom. The standard InChI is InChI=1S/C10H11F3N2O2S3/c11-10(12,13)19-5-4-15-20(16,17)8-3-1-2-7(6-8)9(14)18/h1-3,6,15H,4-5H2,(H2,14,18). The summed E-state index contributed by atoms with van der Waals surface area (Å²) in [5, 5.41) is 0. The fraction of sp³-hybridized carbons (Fsp3) is 0.300. The Morgan fingerprint density at radius 2 is 2.05 bits per heavy atom. The topological polar surface area (TPSA) is 72.2 Å². The van der Waals surface area contributed by atoms with Crippen LogP contribution in [-0.4, -0.2) is 31.2 Å². The summed E-state index contributed by atoms with van der Waals surface area (Å²) in [6.45, 7) is -0.330. The Hall–Kier alpha value is -0.840. The summed E-state index contributed by atoms with van der Waals surface area (Å²) in [6, 6.07) is 5.57. The first-order valence-electron chi connectivity index (χ1n) is 5.22. The van der Waals surface area contributed by atoms with E-state index in [1.807, 2.05) is 0 Å². The van der Waals surface area contributed by atoms with E-state index in [9.17, 15) is 21.6 Å². The molecule has 0 aliphatic heterocycles. The van der Waals surface area contributed by atoms with E-state index < -0.39 is 21.3 Å². The van der Waals surface area contributed by atoms with Gasteiger partial charge in [-0.25, -0.2) is 13.1 Å². The minimum absolute atomic E-state index is 0.0367. The lowest BCUT2D eigenvalue weighted by Gasteiger charge is -2.09. The summed E-state index contributed by atoms with van der Waals surface area (Å²) in [4.78, 5) is -0.0607. The average molecular weight is 344 g/mol. The summed E-state index contributed by atoms with van der Waals surface area (Å²) >= 11 is 4.44. The molecule has 20 heavy (non-hydrogen) atoms. The minimum atomic E-state index is -4.38. The second kappa shape index (κ2) is 6.74. The van der Waals surface area contributed by atoms with Crippen molar-refractivity contribution in [2.45, 2.75) is 10.4 Å². The van der Waals surface area contributed by atoms with Gasteiger partial charge >= 0.3 is 5.51 Å². The van der Waals surface area contributed by atoms with E-state index in [4.69, 9.17) is 18.0 Å². The third-order valence-electron chi connectivity index (χ3n) is 2.09. The number of halogens is 3. The van der Waals surface area contributed by atoms with Crippen LogP contribution in [0, 0.1) is 0 Å². The largest absolute Gasteiger partial charge is 0.441 e. The van der Waals surface area contributed by atoms with E-state index in [1.54, 1.807) is 6.07 Å². The number of benzene rings is 1. The molecule has 1 aromatic carbocycles. The first kappa shape index (κ1) is 17.2. The number of nitrogens with one attached hydrogen (secondary N) is 1. The van der Waals surface area contributed by atoms with Crippen LogP contribution in [0.1, 0.15) is 5.56 Å². The van der Waals surface area contributed by atoms with E-state index >= 15 is 0 Å². The van der Waals surface area contributed by atoms with Crippen LogP contribution in [-0.2, 0) is 10.0 Å². The Morgan fingerprint density at radius 1 is 1.40 bits per heavy atom. The monoisotopic (exact) mass is 344 g/mol. The molecule has 112 valence electrons. The van der Waals surface area contributed by atoms with Crippen molar-refractivity contribution < 1.29 is 21.6 Å². The maximum atomic E-state index is 11.9. The summed E-state index contributed by atoms with van der Waals surface area (Å²) in [5.74, 6) is -0.405. The van der Waals surface area contributed by atoms with Gasteiger partial charge in [0.05, 0.1) is 4.90 Å². The zero-order valence-corrected chi connectivity index (χ0v) is 12.4. The second-order valence-electron chi connectivity index (χ2n) is 3.58. The summed E-state index contributed by atoms with van der Waals surface area (Å²) in [6.07, 6.45) is 0. The number of thioether (sulfide) groups is 1. The Kier molecular flexibility index (Phi) is 5.80. The van der Waals surface area contributed by atoms with Gasteiger partial charge in [0.1, 0.15) is 4.99 Å². The van der Waals surface area contributed by atoms with Gasteiger partial charge in [0.15, 0.2) is 0 Å². The molecule has 1 aromatic rings. The molecule has 0 bridgehead atoms. The molecule has 0 heterocycles. The number of hydrogen-bond acceptors (Lipinski definition) is 4. The number of nitrogens with two attached hydrogens (primary N) is 1. The molecule has 0 fully saturated rings. The lowest BCUT2D eigenvalue weighted by molar-refractivity contribution is -0.0327. The van der Waals surface area contributed by atoms with Crippen molar-refractivity contribution in [2.24, 2.45) is 5.73 Å². The van der Waals surface area contributed by atoms with Crippen LogP contribution in [0.5, 0.6) is 0 Å². The van der Waals surface area contributed by atoms with Gasteiger partial charge in [0.25, 0.3) is 0 Å². The Bertz CT molecular complexity index is 588. The highest BCUT2D eigenvalue weighted by molar-refractivity contribution is 8.00. The first-order valence-corrected chi connectivity index (χ1v) is 8.10. The number of thiocarbonyl (C=S) groups is 1. The fourth-order valence-corrected chi connectivity index (χ4v) is 3.01. The molecule has 0 spiro atoms. The highest BCUT2D eigenvalue weighted by Gasteiger charge is 2.27. The molecular formula is C10H11F3N2O2S3. The molecule has 0 saturated carbocycles. The van der Waals surface area contributed by atoms with Crippen LogP contribution in [0.15, 0.2) is 29.2 Å². The second-order valence-corrected chi connectivity index (χ2v) is 6.95. The van der Waals surface area contributed by atoms with Crippen LogP contribution in [0.25, 0.3) is 0 Å². The quantitative estimate of drug-likeness (QED) is 0.609. The first-order chi connectivity index (χ1) is 9.12. The molecule has 0 saturated heterocycles. The van der Waals surface area contributed by atoms with E-state index in [1.165, 1.54) is 18.2 Å². The van der Waals surface area contributed by atoms with Crippen molar-refractivity contribution in [3.05, 3.63) is 29.8 Å². The molecule has 0 aliphatic rings. The van der Waals surface area contributed by atoms with Crippen molar-refractivity contribution in [1.29, 1.82) is 0 Å². The molecule has 1 rings (SSSR count). The van der Waals surface area contributed by atoms with Crippen molar-refractivity contribution >= 4 is 39.0 Å². The molecule has 0 aromatic heterocycles. The van der Waals surface area contributed by atoms with Gasteiger partial charge in [0, 0.05) is 17.9 Å². The van der Waals surface area contributed by atoms with Crippen LogP contribution in [0.4, 0.5) is 13.2 Å². The molecule has 0 unspecified atom stereocenters. The SMILES string of the molecule is NC(=S)c1cccc(S(=O)(=O)NCCSC(F)(F)F)c1. The van der Waals surface area contributed by atoms with Crippen molar-refractivity contribution in [3.63, 3.8) is 0 Å². The third kappa shape index (κ3) is 5.65. The molecular weight excluding hydrogens is 333 g/mol. The predicted octanol–water partition coefficient (Wildman–Crippen LogP) is 1.85. The van der Waals surface area contributed by atoms with Crippen LogP contribution in [0.2, 0.25) is 0 Å². The highest BCUT2D eigenvalue weighted by Crippen LogP contribution is 2.29. The van der Waals surface area contributed by atoms with Gasteiger partial charge in [-0.15, -0.1) is 0 Å². The van der Waals surface area contributed by atoms with Crippen LogP contribution >= 0.6 is 24.0 Å². The van der Waals surface area contributed by atoms with Crippen molar-refractivity contribution in [1.82, 2.24) is 4.72 Å². The van der Waals surface area contributed by atoms with Gasteiger partial charge in [-0.2, -0.15) is 13.2 Å². The molecule has 0 atom stereocenters. The van der Waals surface area contributed by atoms with Gasteiger partial charge in [-0.3, -0.25) is 0 Å². The normalized spacial score (nSPS) is 12.3. The van der Waals surface area contributed by atoms with E-state index in [0.29, 0.717) is 5.56 Å². The van der Waals surface area contributed by atoms with Crippen LogP contribution in [0.3, 0.4) is 0 Å². The minimum Gasteiger partial charge on any atom is -0.389 e. The van der Waals surface area contributed by atoms with Gasteiger partial charge in [0.2, 0.25) is 10.0 Å². The maximum Gasteiger partial charge on any atom is 0.441 e. The molecule has 3 N–H and O–H groups in total. The summed E-state index contributed by atoms with van der Waals surface area (Å²) < 4.78 is 61.5. The fourth-order valence-electron chi connectivity index (χ4n) is 1.24. The van der Waals surface area contributed by atoms with E-state index in [-0.39, 0.29) is 28.2 Å². The van der Waals surface area contributed by atoms with Crippen molar-refractivity contribution in [2.75, 3.05) is 12.3 Å². The van der Waals surface area contributed by atoms with E-state index in [0.717, 1.165) is 0 Å². The third-order valence-corrected chi connectivity index (χ3v) is 4.52. The number of rotatable bonds is 6. The predicted molar refractivity (Wildman–Crippen MR) is 76.0 cm³/mol. The van der Waals surface area contributed by atoms with Crippen molar-refractivity contribution in [3.8, 4) is 0 Å². The summed E-state index contributed by atoms with van der Waals surface area (Å²) in [5.41, 5.74) is 1.37. The van der Waals surface area contributed by atoms with Gasteiger partial charge < -0.3 is 5.73 Å². The molecule has 0 aliphatic carbocycles.